The number of hydrogen-bond donors (Lipinski definition) is 0. The van der Waals surface area contributed by atoms with Gasteiger partial charge in [0.05, 0.1) is 4.47 Å². The van der Waals surface area contributed by atoms with Crippen molar-refractivity contribution in [3.05, 3.63) is 29.0 Å². The summed E-state index contributed by atoms with van der Waals surface area (Å²) in [4.78, 5) is 0. The lowest BCUT2D eigenvalue weighted by molar-refractivity contribution is -0.676. The van der Waals surface area contributed by atoms with Crippen LogP contribution in [-0.2, 0) is 5.88 Å². The minimum atomic E-state index is 1.07. The molecule has 0 aliphatic heterocycles. The molecule has 0 saturated heterocycles. The molecule has 1 nitrogen and oxygen atoms in total. The molecule has 0 radical (unpaired) electrons. The van der Waals surface area contributed by atoms with Crippen LogP contribution >= 0.6 is 27.7 Å². The van der Waals surface area contributed by atoms with E-state index < -0.39 is 0 Å². The van der Waals surface area contributed by atoms with Crippen LogP contribution in [-0.4, -0.2) is 5.75 Å². The average molecular weight is 345 g/mol. The number of pyridine rings is 1. The van der Waals surface area contributed by atoms with Crippen LogP contribution in [0, 0.1) is 0 Å². The smallest absolute Gasteiger partial charge is 0.194 e. The van der Waals surface area contributed by atoms with Crippen molar-refractivity contribution < 1.29 is 4.57 Å². The van der Waals surface area contributed by atoms with Crippen molar-refractivity contribution in [1.29, 1.82) is 0 Å². The second-order valence-corrected chi connectivity index (χ2v) is 7.04. The number of thioether (sulfide) groups is 1. The normalized spacial score (nSPS) is 10.8. The number of aromatic nitrogens is 1. The topological polar surface area (TPSA) is 3.88 Å². The van der Waals surface area contributed by atoms with Crippen molar-refractivity contribution in [2.24, 2.45) is 0 Å². The minimum absolute atomic E-state index is 1.07. The maximum atomic E-state index is 3.50. The third kappa shape index (κ3) is 9.50. The molecule has 1 heterocycles. The number of nitrogens with zero attached hydrogens (tertiary/aromatic N) is 1. The summed E-state index contributed by atoms with van der Waals surface area (Å²) in [5.41, 5.74) is 0. The Kier molecular flexibility index (Phi) is 10.6. The van der Waals surface area contributed by atoms with Gasteiger partial charge in [-0.2, -0.15) is 4.57 Å². The summed E-state index contributed by atoms with van der Waals surface area (Å²) < 4.78 is 3.39. The van der Waals surface area contributed by atoms with Gasteiger partial charge in [-0.1, -0.05) is 63.6 Å². The monoisotopic (exact) mass is 344 g/mol. The van der Waals surface area contributed by atoms with E-state index in [4.69, 9.17) is 0 Å². The maximum Gasteiger partial charge on any atom is 0.194 e. The molecular weight excluding hydrogens is 318 g/mol. The predicted octanol–water partition coefficient (Wildman–Crippen LogP) is 5.57. The van der Waals surface area contributed by atoms with Crippen LogP contribution in [0.3, 0.4) is 0 Å². The van der Waals surface area contributed by atoms with Crippen LogP contribution in [0.15, 0.2) is 29.0 Å². The highest BCUT2D eigenvalue weighted by atomic mass is 79.9. The molecule has 1 rings (SSSR count). The van der Waals surface area contributed by atoms with Crippen molar-refractivity contribution in [3.63, 3.8) is 0 Å². The fraction of sp³-hybridized carbons (Fsp3) is 0.688. The van der Waals surface area contributed by atoms with Gasteiger partial charge in [0.1, 0.15) is 0 Å². The molecule has 19 heavy (non-hydrogen) atoms. The van der Waals surface area contributed by atoms with Gasteiger partial charge in [0, 0.05) is 6.07 Å². The third-order valence-electron chi connectivity index (χ3n) is 3.20. The first-order valence-electron chi connectivity index (χ1n) is 7.55. The van der Waals surface area contributed by atoms with Crippen LogP contribution < -0.4 is 4.57 Å². The Labute approximate surface area is 131 Å². The fourth-order valence-electron chi connectivity index (χ4n) is 2.08. The minimum Gasteiger partial charge on any atom is -0.194 e. The van der Waals surface area contributed by atoms with Gasteiger partial charge >= 0.3 is 0 Å². The molecule has 0 aromatic carbocycles. The molecule has 0 aliphatic carbocycles. The first-order valence-corrected chi connectivity index (χ1v) is 9.50. The van der Waals surface area contributed by atoms with E-state index in [2.05, 4.69) is 51.9 Å². The second-order valence-electron chi connectivity index (χ2n) is 5.05. The highest BCUT2D eigenvalue weighted by molar-refractivity contribution is 9.10. The lowest BCUT2D eigenvalue weighted by atomic mass is 10.1. The van der Waals surface area contributed by atoms with Gasteiger partial charge in [-0.15, -0.1) is 0 Å². The Hall–Kier alpha value is -0.0200. The van der Waals surface area contributed by atoms with Gasteiger partial charge in [0.25, 0.3) is 0 Å². The molecule has 0 N–H and O–H groups in total. The van der Waals surface area contributed by atoms with Crippen LogP contribution in [0.4, 0.5) is 0 Å². The van der Waals surface area contributed by atoms with E-state index in [1.54, 1.807) is 0 Å². The van der Waals surface area contributed by atoms with E-state index in [1.807, 2.05) is 11.8 Å². The highest BCUT2D eigenvalue weighted by Crippen LogP contribution is 2.11. The number of unbranched alkanes of at least 4 members (excludes halogenated alkanes) is 7. The molecule has 1 aromatic heterocycles. The number of halogens is 1. The van der Waals surface area contributed by atoms with E-state index >= 15 is 0 Å². The molecule has 0 unspecified atom stereocenters. The van der Waals surface area contributed by atoms with Crippen molar-refractivity contribution in [2.45, 2.75) is 64.2 Å². The SMILES string of the molecule is CCCCCCCCCCSC[n+]1cccc(Br)c1. The van der Waals surface area contributed by atoms with Gasteiger partial charge in [-0.25, -0.2) is 0 Å². The van der Waals surface area contributed by atoms with Gasteiger partial charge in [-0.05, 0) is 34.2 Å². The Bertz CT molecular complexity index is 330. The zero-order chi connectivity index (χ0) is 13.8. The molecule has 108 valence electrons. The summed E-state index contributed by atoms with van der Waals surface area (Å²) in [7, 11) is 0. The van der Waals surface area contributed by atoms with E-state index in [1.165, 1.54) is 57.1 Å². The third-order valence-corrected chi connectivity index (χ3v) is 4.73. The van der Waals surface area contributed by atoms with Crippen molar-refractivity contribution in [2.75, 3.05) is 5.75 Å². The zero-order valence-corrected chi connectivity index (χ0v) is 14.5. The fourth-order valence-corrected chi connectivity index (χ4v) is 3.40. The lowest BCUT2D eigenvalue weighted by Crippen LogP contribution is -2.30. The molecule has 0 bridgehead atoms. The molecule has 0 atom stereocenters. The van der Waals surface area contributed by atoms with Crippen molar-refractivity contribution >= 4 is 27.7 Å². The molecule has 0 amide bonds. The highest BCUT2D eigenvalue weighted by Gasteiger charge is 2.00. The Morgan fingerprint density at radius 1 is 1.05 bits per heavy atom. The van der Waals surface area contributed by atoms with Gasteiger partial charge in [-0.3, -0.25) is 0 Å². The summed E-state index contributed by atoms with van der Waals surface area (Å²) in [5.74, 6) is 2.35. The van der Waals surface area contributed by atoms with Crippen LogP contribution in [0.2, 0.25) is 0 Å². The van der Waals surface area contributed by atoms with Crippen LogP contribution in [0.1, 0.15) is 58.3 Å². The quantitative estimate of drug-likeness (QED) is 0.375. The van der Waals surface area contributed by atoms with Crippen LogP contribution in [0.25, 0.3) is 0 Å². The summed E-state index contributed by atoms with van der Waals surface area (Å²) in [5, 5.41) is 0. The van der Waals surface area contributed by atoms with Gasteiger partial charge < -0.3 is 0 Å². The summed E-state index contributed by atoms with van der Waals surface area (Å²) in [6.45, 7) is 2.28. The molecule has 1 aromatic rings. The van der Waals surface area contributed by atoms with E-state index in [0.717, 1.165) is 10.3 Å². The number of hydrogen-bond acceptors (Lipinski definition) is 1. The first kappa shape index (κ1) is 17.0. The Balaban J connectivity index is 1.89. The summed E-state index contributed by atoms with van der Waals surface area (Å²) in [6.07, 6.45) is 15.5. The molecule has 0 fully saturated rings. The molecular formula is C16H27BrNS+. The largest absolute Gasteiger partial charge is 0.194 e. The first-order chi connectivity index (χ1) is 9.33. The lowest BCUT2D eigenvalue weighted by Gasteiger charge is -2.01. The van der Waals surface area contributed by atoms with Gasteiger partial charge in [0.15, 0.2) is 18.3 Å². The Morgan fingerprint density at radius 2 is 1.74 bits per heavy atom. The second kappa shape index (κ2) is 11.8. The average Bonchev–Trinajstić information content (AvgIpc) is 2.41. The molecule has 0 saturated carbocycles. The Morgan fingerprint density at radius 3 is 2.42 bits per heavy atom. The van der Waals surface area contributed by atoms with Gasteiger partial charge in [0.2, 0.25) is 0 Å². The van der Waals surface area contributed by atoms with E-state index in [9.17, 15) is 0 Å². The standard InChI is InChI=1S/C16H27BrNS/c1-2-3-4-5-6-7-8-9-13-19-15-18-12-10-11-16(17)14-18/h10-12,14H,2-9,13,15H2,1H3/q+1. The van der Waals surface area contributed by atoms with E-state index in [-0.39, 0.29) is 0 Å². The maximum absolute atomic E-state index is 3.50. The van der Waals surface area contributed by atoms with E-state index in [0.29, 0.717) is 0 Å². The van der Waals surface area contributed by atoms with Crippen molar-refractivity contribution in [3.8, 4) is 0 Å². The predicted molar refractivity (Wildman–Crippen MR) is 89.4 cm³/mol. The zero-order valence-electron chi connectivity index (χ0n) is 12.1. The molecule has 3 heteroatoms. The molecule has 0 spiro atoms. The number of rotatable bonds is 11. The van der Waals surface area contributed by atoms with Crippen LogP contribution in [0.5, 0.6) is 0 Å². The summed E-state index contributed by atoms with van der Waals surface area (Å²) in [6, 6.07) is 4.15. The summed E-state index contributed by atoms with van der Waals surface area (Å²) >= 11 is 5.53. The van der Waals surface area contributed by atoms with Crippen molar-refractivity contribution in [1.82, 2.24) is 0 Å². The molecule has 0 aliphatic rings.